The van der Waals surface area contributed by atoms with Gasteiger partial charge in [0.25, 0.3) is 0 Å². The number of para-hydroxylation sites is 1. The van der Waals surface area contributed by atoms with Crippen molar-refractivity contribution < 1.29 is 17.9 Å². The number of nitrogens with two attached hydrogens (primary N) is 1. The number of methoxy groups -OCH3 is 1. The molecule has 1 aliphatic heterocycles. The van der Waals surface area contributed by atoms with Crippen LogP contribution in [0.4, 0.5) is 5.69 Å². The molecule has 1 aliphatic rings. The molecule has 30 heavy (non-hydrogen) atoms. The van der Waals surface area contributed by atoms with E-state index in [1.54, 1.807) is 31.5 Å². The van der Waals surface area contributed by atoms with Gasteiger partial charge in [-0.25, -0.2) is 18.4 Å². The number of nitrogen functional groups attached to an aromatic ring is 1. The number of morpholine rings is 1. The van der Waals surface area contributed by atoms with E-state index >= 15 is 0 Å². The molecular weight excluding hydrogens is 404 g/mol. The normalized spacial score (nSPS) is 15.1. The molecule has 3 aromatic rings. The van der Waals surface area contributed by atoms with E-state index in [1.165, 1.54) is 10.6 Å². The average molecular weight is 426 g/mol. The van der Waals surface area contributed by atoms with Crippen molar-refractivity contribution in [1.29, 1.82) is 0 Å². The van der Waals surface area contributed by atoms with Gasteiger partial charge in [-0.2, -0.15) is 4.31 Å². The molecule has 0 atom stereocenters. The van der Waals surface area contributed by atoms with Crippen LogP contribution in [0.5, 0.6) is 5.75 Å². The van der Waals surface area contributed by atoms with E-state index in [-0.39, 0.29) is 4.90 Å². The van der Waals surface area contributed by atoms with Gasteiger partial charge in [0.2, 0.25) is 10.0 Å². The van der Waals surface area contributed by atoms with Crippen molar-refractivity contribution in [2.75, 3.05) is 39.1 Å². The summed E-state index contributed by atoms with van der Waals surface area (Å²) in [7, 11) is -2.22. The standard InChI is InChI=1S/C21H22N4O4S/c1-28-18-5-3-2-4-15(18)16-6-7-19(30(26,27)25-10-12-29-13-11-25)20(21(16)22)17-8-9-23-14-24-17/h2-9,14H,10-13,22H2,1H3. The zero-order valence-electron chi connectivity index (χ0n) is 16.5. The van der Waals surface area contributed by atoms with E-state index in [2.05, 4.69) is 9.97 Å². The highest BCUT2D eigenvalue weighted by Crippen LogP contribution is 2.42. The minimum absolute atomic E-state index is 0.110. The SMILES string of the molecule is COc1ccccc1-c1ccc(S(=O)(=O)N2CCOCC2)c(-c2ccncn2)c1N. The van der Waals surface area contributed by atoms with Crippen molar-refractivity contribution in [2.45, 2.75) is 4.90 Å². The first-order valence-corrected chi connectivity index (χ1v) is 10.9. The Hall–Kier alpha value is -3.01. The van der Waals surface area contributed by atoms with Gasteiger partial charge in [-0.05, 0) is 18.2 Å². The van der Waals surface area contributed by atoms with E-state index in [0.29, 0.717) is 54.6 Å². The van der Waals surface area contributed by atoms with Crippen molar-refractivity contribution in [3.8, 4) is 28.1 Å². The van der Waals surface area contributed by atoms with Gasteiger partial charge in [-0.3, -0.25) is 0 Å². The van der Waals surface area contributed by atoms with Gasteiger partial charge in [0.1, 0.15) is 12.1 Å². The number of aromatic nitrogens is 2. The van der Waals surface area contributed by atoms with Crippen LogP contribution >= 0.6 is 0 Å². The molecule has 156 valence electrons. The summed E-state index contributed by atoms with van der Waals surface area (Å²) in [5.74, 6) is 0.640. The number of sulfonamides is 1. The Kier molecular flexibility index (Phi) is 5.67. The number of hydrogen-bond acceptors (Lipinski definition) is 7. The summed E-state index contributed by atoms with van der Waals surface area (Å²) in [5, 5.41) is 0. The van der Waals surface area contributed by atoms with E-state index in [0.717, 1.165) is 5.56 Å². The number of benzene rings is 2. The molecule has 0 unspecified atom stereocenters. The molecule has 2 heterocycles. The first-order valence-electron chi connectivity index (χ1n) is 9.44. The van der Waals surface area contributed by atoms with Crippen LogP contribution in [-0.4, -0.2) is 56.1 Å². The quantitative estimate of drug-likeness (QED) is 0.624. The molecule has 9 heteroatoms. The average Bonchev–Trinajstić information content (AvgIpc) is 2.80. The first kappa shape index (κ1) is 20.3. The highest BCUT2D eigenvalue weighted by molar-refractivity contribution is 7.89. The van der Waals surface area contributed by atoms with Crippen LogP contribution < -0.4 is 10.5 Å². The molecule has 0 aliphatic carbocycles. The lowest BCUT2D eigenvalue weighted by Gasteiger charge is -2.27. The zero-order chi connectivity index (χ0) is 21.1. The molecule has 1 aromatic heterocycles. The second-order valence-corrected chi connectivity index (χ2v) is 8.62. The summed E-state index contributed by atoms with van der Waals surface area (Å²) in [6.45, 7) is 1.30. The maximum atomic E-state index is 13.5. The van der Waals surface area contributed by atoms with Crippen LogP contribution in [0.3, 0.4) is 0 Å². The molecule has 0 spiro atoms. The lowest BCUT2D eigenvalue weighted by Crippen LogP contribution is -2.40. The third-order valence-electron chi connectivity index (χ3n) is 5.03. The van der Waals surface area contributed by atoms with Crippen molar-refractivity contribution in [3.05, 3.63) is 55.0 Å². The Morgan fingerprint density at radius 2 is 1.83 bits per heavy atom. The predicted molar refractivity (Wildman–Crippen MR) is 113 cm³/mol. The molecule has 8 nitrogen and oxygen atoms in total. The van der Waals surface area contributed by atoms with E-state index in [1.807, 2.05) is 24.3 Å². The summed E-state index contributed by atoms with van der Waals surface area (Å²) in [6.07, 6.45) is 2.93. The van der Waals surface area contributed by atoms with Crippen molar-refractivity contribution in [3.63, 3.8) is 0 Å². The lowest BCUT2D eigenvalue weighted by molar-refractivity contribution is 0.0730. The van der Waals surface area contributed by atoms with E-state index in [9.17, 15) is 8.42 Å². The minimum atomic E-state index is -3.80. The Balaban J connectivity index is 1.95. The Labute approximate surface area is 175 Å². The van der Waals surface area contributed by atoms with Gasteiger partial charge in [0.05, 0.1) is 36.6 Å². The summed E-state index contributed by atoms with van der Waals surface area (Å²) < 4.78 is 39.1. The molecule has 0 bridgehead atoms. The van der Waals surface area contributed by atoms with Gasteiger partial charge < -0.3 is 15.2 Å². The van der Waals surface area contributed by atoms with Gasteiger partial charge >= 0.3 is 0 Å². The number of rotatable bonds is 5. The van der Waals surface area contributed by atoms with E-state index < -0.39 is 10.0 Å². The topological polar surface area (TPSA) is 108 Å². The van der Waals surface area contributed by atoms with E-state index in [4.69, 9.17) is 15.2 Å². The molecule has 2 N–H and O–H groups in total. The zero-order valence-corrected chi connectivity index (χ0v) is 17.3. The van der Waals surface area contributed by atoms with Gasteiger partial charge in [-0.1, -0.05) is 24.3 Å². The van der Waals surface area contributed by atoms with Gasteiger partial charge in [0.15, 0.2) is 0 Å². The third kappa shape index (κ3) is 3.62. The maximum Gasteiger partial charge on any atom is 0.243 e. The number of hydrogen-bond donors (Lipinski definition) is 1. The molecule has 0 amide bonds. The summed E-state index contributed by atoms with van der Waals surface area (Å²) in [5.41, 5.74) is 9.11. The molecule has 0 saturated carbocycles. The molecule has 2 aromatic carbocycles. The number of anilines is 1. The second kappa shape index (κ2) is 8.39. The Morgan fingerprint density at radius 1 is 1.07 bits per heavy atom. The minimum Gasteiger partial charge on any atom is -0.496 e. The fourth-order valence-electron chi connectivity index (χ4n) is 3.55. The number of ether oxygens (including phenoxy) is 2. The first-order chi connectivity index (χ1) is 14.5. The van der Waals surface area contributed by atoms with Crippen LogP contribution in [0.1, 0.15) is 0 Å². The maximum absolute atomic E-state index is 13.5. The second-order valence-electron chi connectivity index (χ2n) is 6.71. The largest absolute Gasteiger partial charge is 0.496 e. The fraction of sp³-hybridized carbons (Fsp3) is 0.238. The van der Waals surface area contributed by atoms with Crippen molar-refractivity contribution >= 4 is 15.7 Å². The monoisotopic (exact) mass is 426 g/mol. The van der Waals surface area contributed by atoms with Crippen LogP contribution in [0, 0.1) is 0 Å². The molecule has 0 radical (unpaired) electrons. The summed E-state index contributed by atoms with van der Waals surface area (Å²) >= 11 is 0. The smallest absolute Gasteiger partial charge is 0.243 e. The third-order valence-corrected chi connectivity index (χ3v) is 6.97. The number of nitrogens with zero attached hydrogens (tertiary/aromatic N) is 3. The highest BCUT2D eigenvalue weighted by atomic mass is 32.2. The summed E-state index contributed by atoms with van der Waals surface area (Å²) in [6, 6.07) is 12.4. The van der Waals surface area contributed by atoms with Crippen LogP contribution in [0.25, 0.3) is 22.4 Å². The predicted octanol–water partition coefficient (Wildman–Crippen LogP) is 2.42. The molecule has 1 saturated heterocycles. The molecular formula is C21H22N4O4S. The Bertz CT molecular complexity index is 1150. The highest BCUT2D eigenvalue weighted by Gasteiger charge is 2.31. The molecule has 1 fully saturated rings. The van der Waals surface area contributed by atoms with Crippen molar-refractivity contribution in [1.82, 2.24) is 14.3 Å². The van der Waals surface area contributed by atoms with Crippen molar-refractivity contribution in [2.24, 2.45) is 0 Å². The van der Waals surface area contributed by atoms with Gasteiger partial charge in [0, 0.05) is 36.0 Å². The van der Waals surface area contributed by atoms with Crippen LogP contribution in [0.15, 0.2) is 59.9 Å². The van der Waals surface area contributed by atoms with Crippen LogP contribution in [-0.2, 0) is 14.8 Å². The molecule has 4 rings (SSSR count). The fourth-order valence-corrected chi connectivity index (χ4v) is 5.17. The Morgan fingerprint density at radius 3 is 2.53 bits per heavy atom. The van der Waals surface area contributed by atoms with Crippen LogP contribution in [0.2, 0.25) is 0 Å². The van der Waals surface area contributed by atoms with Gasteiger partial charge in [-0.15, -0.1) is 0 Å². The lowest BCUT2D eigenvalue weighted by atomic mass is 9.98. The summed E-state index contributed by atoms with van der Waals surface area (Å²) in [4.78, 5) is 8.33.